The largest absolute Gasteiger partial charge is 0.385 e. The van der Waals surface area contributed by atoms with Crippen molar-refractivity contribution in [2.75, 3.05) is 27.3 Å². The molecule has 128 valence electrons. The SMILES string of the molecule is CN=C(NCc1ccc(Cl)cc1Cl)NCC1(CCOC)CCC1. The minimum absolute atomic E-state index is 0.353. The molecular weight excluding hydrogens is 333 g/mol. The van der Waals surface area contributed by atoms with Gasteiger partial charge in [0.1, 0.15) is 0 Å². The molecule has 6 heteroatoms. The Hall–Kier alpha value is -0.970. The van der Waals surface area contributed by atoms with E-state index in [1.807, 2.05) is 12.1 Å². The van der Waals surface area contributed by atoms with Crippen LogP contribution >= 0.6 is 23.2 Å². The maximum absolute atomic E-state index is 6.20. The van der Waals surface area contributed by atoms with Crippen molar-refractivity contribution in [1.82, 2.24) is 10.6 Å². The van der Waals surface area contributed by atoms with E-state index in [1.54, 1.807) is 20.2 Å². The highest BCUT2D eigenvalue weighted by atomic mass is 35.5. The van der Waals surface area contributed by atoms with Crippen LogP contribution in [0.25, 0.3) is 0 Å². The summed E-state index contributed by atoms with van der Waals surface area (Å²) in [5, 5.41) is 8.05. The van der Waals surface area contributed by atoms with Crippen LogP contribution in [0.1, 0.15) is 31.2 Å². The second-order valence-electron chi connectivity index (χ2n) is 6.11. The molecule has 1 aliphatic rings. The van der Waals surface area contributed by atoms with Gasteiger partial charge in [-0.3, -0.25) is 4.99 Å². The van der Waals surface area contributed by atoms with Crippen LogP contribution in [0.2, 0.25) is 10.0 Å². The van der Waals surface area contributed by atoms with Crippen molar-refractivity contribution < 1.29 is 4.74 Å². The molecule has 1 aromatic rings. The molecule has 0 spiro atoms. The van der Waals surface area contributed by atoms with Crippen LogP contribution in [0, 0.1) is 5.41 Å². The summed E-state index contributed by atoms with van der Waals surface area (Å²) in [6, 6.07) is 5.52. The average Bonchev–Trinajstić information content (AvgIpc) is 2.50. The standard InChI is InChI=1S/C17H25Cl2N3O/c1-20-16(21-11-13-4-5-14(18)10-15(13)19)22-12-17(6-3-7-17)8-9-23-2/h4-5,10H,3,6-9,11-12H2,1-2H3,(H2,20,21,22). The van der Waals surface area contributed by atoms with E-state index >= 15 is 0 Å². The van der Waals surface area contributed by atoms with Crippen LogP contribution in [0.15, 0.2) is 23.2 Å². The third kappa shape index (κ3) is 5.27. The third-order valence-corrected chi connectivity index (χ3v) is 5.15. The molecule has 1 aromatic carbocycles. The zero-order chi connectivity index (χ0) is 16.7. The topological polar surface area (TPSA) is 45.7 Å². The summed E-state index contributed by atoms with van der Waals surface area (Å²) in [6.07, 6.45) is 4.90. The van der Waals surface area contributed by atoms with Gasteiger partial charge in [0.05, 0.1) is 0 Å². The number of hydrogen-bond donors (Lipinski definition) is 2. The first kappa shape index (κ1) is 18.4. The van der Waals surface area contributed by atoms with Crippen LogP contribution in [0.3, 0.4) is 0 Å². The predicted molar refractivity (Wildman–Crippen MR) is 97.4 cm³/mol. The fourth-order valence-electron chi connectivity index (χ4n) is 2.85. The van der Waals surface area contributed by atoms with Crippen LogP contribution in [0.4, 0.5) is 0 Å². The number of halogens is 2. The number of nitrogens with one attached hydrogen (secondary N) is 2. The van der Waals surface area contributed by atoms with Gasteiger partial charge in [-0.05, 0) is 42.4 Å². The van der Waals surface area contributed by atoms with Crippen molar-refractivity contribution in [3.63, 3.8) is 0 Å². The number of ether oxygens (including phenoxy) is 1. The molecule has 0 bridgehead atoms. The number of aliphatic imine (C=N–C) groups is 1. The highest BCUT2D eigenvalue weighted by molar-refractivity contribution is 6.35. The average molecular weight is 358 g/mol. The highest BCUT2D eigenvalue weighted by Gasteiger charge is 2.36. The minimum Gasteiger partial charge on any atom is -0.385 e. The number of methoxy groups -OCH3 is 1. The van der Waals surface area contributed by atoms with Crippen molar-refractivity contribution in [2.24, 2.45) is 10.4 Å². The molecule has 4 nitrogen and oxygen atoms in total. The molecule has 1 fully saturated rings. The summed E-state index contributed by atoms with van der Waals surface area (Å²) in [4.78, 5) is 4.29. The number of benzene rings is 1. The smallest absolute Gasteiger partial charge is 0.191 e. The van der Waals surface area contributed by atoms with E-state index in [2.05, 4.69) is 15.6 Å². The van der Waals surface area contributed by atoms with E-state index < -0.39 is 0 Å². The Morgan fingerprint density at radius 3 is 2.65 bits per heavy atom. The molecule has 2 N–H and O–H groups in total. The van der Waals surface area contributed by atoms with E-state index in [9.17, 15) is 0 Å². The van der Waals surface area contributed by atoms with Crippen LogP contribution < -0.4 is 10.6 Å². The Bertz CT molecular complexity index is 545. The molecule has 0 radical (unpaired) electrons. The normalized spacial score (nSPS) is 16.8. The summed E-state index contributed by atoms with van der Waals surface area (Å²) in [6.45, 7) is 2.35. The summed E-state index contributed by atoms with van der Waals surface area (Å²) < 4.78 is 5.24. The Kier molecular flexibility index (Phi) is 7.00. The Balaban J connectivity index is 1.83. The molecular formula is C17H25Cl2N3O. The summed E-state index contributed by atoms with van der Waals surface area (Å²) in [7, 11) is 3.54. The second-order valence-corrected chi connectivity index (χ2v) is 6.96. The van der Waals surface area contributed by atoms with Crippen LogP contribution in [0.5, 0.6) is 0 Å². The van der Waals surface area contributed by atoms with E-state index in [-0.39, 0.29) is 0 Å². The van der Waals surface area contributed by atoms with Crippen molar-refractivity contribution in [2.45, 2.75) is 32.2 Å². The minimum atomic E-state index is 0.353. The highest BCUT2D eigenvalue weighted by Crippen LogP contribution is 2.43. The zero-order valence-electron chi connectivity index (χ0n) is 13.8. The molecule has 0 unspecified atom stereocenters. The van der Waals surface area contributed by atoms with Gasteiger partial charge in [-0.2, -0.15) is 0 Å². The maximum Gasteiger partial charge on any atom is 0.191 e. The van der Waals surface area contributed by atoms with Gasteiger partial charge in [-0.15, -0.1) is 0 Å². The second kappa shape index (κ2) is 8.76. The number of guanidine groups is 1. The first-order valence-corrected chi connectivity index (χ1v) is 8.71. The fourth-order valence-corrected chi connectivity index (χ4v) is 3.32. The van der Waals surface area contributed by atoms with Crippen molar-refractivity contribution in [1.29, 1.82) is 0 Å². The third-order valence-electron chi connectivity index (χ3n) is 4.57. The van der Waals surface area contributed by atoms with Gasteiger partial charge < -0.3 is 15.4 Å². The number of rotatable bonds is 7. The lowest BCUT2D eigenvalue weighted by Gasteiger charge is -2.42. The lowest BCUT2D eigenvalue weighted by Crippen LogP contribution is -2.46. The number of hydrogen-bond acceptors (Lipinski definition) is 2. The van der Waals surface area contributed by atoms with E-state index in [0.717, 1.165) is 31.1 Å². The fraction of sp³-hybridized carbons (Fsp3) is 0.588. The van der Waals surface area contributed by atoms with E-state index in [4.69, 9.17) is 27.9 Å². The van der Waals surface area contributed by atoms with E-state index in [1.165, 1.54) is 19.3 Å². The van der Waals surface area contributed by atoms with Gasteiger partial charge in [-0.25, -0.2) is 0 Å². The molecule has 0 heterocycles. The quantitative estimate of drug-likeness (QED) is 0.575. The van der Waals surface area contributed by atoms with Crippen LogP contribution in [-0.4, -0.2) is 33.3 Å². The number of nitrogens with zero attached hydrogens (tertiary/aromatic N) is 1. The molecule has 0 atom stereocenters. The summed E-state index contributed by atoms with van der Waals surface area (Å²) in [5.74, 6) is 0.791. The lowest BCUT2D eigenvalue weighted by atomic mass is 9.67. The first-order valence-electron chi connectivity index (χ1n) is 7.96. The molecule has 0 amide bonds. The molecule has 0 aromatic heterocycles. The van der Waals surface area contributed by atoms with Crippen molar-refractivity contribution >= 4 is 29.2 Å². The first-order chi connectivity index (χ1) is 11.1. The Morgan fingerprint density at radius 1 is 1.30 bits per heavy atom. The molecule has 23 heavy (non-hydrogen) atoms. The van der Waals surface area contributed by atoms with Gasteiger partial charge in [0.2, 0.25) is 0 Å². The molecule has 2 rings (SSSR count). The molecule has 0 saturated heterocycles. The van der Waals surface area contributed by atoms with Gasteiger partial charge in [0, 0.05) is 43.9 Å². The van der Waals surface area contributed by atoms with Gasteiger partial charge in [0.15, 0.2) is 5.96 Å². The monoisotopic (exact) mass is 357 g/mol. The van der Waals surface area contributed by atoms with Crippen LogP contribution in [-0.2, 0) is 11.3 Å². The van der Waals surface area contributed by atoms with Gasteiger partial charge in [-0.1, -0.05) is 35.7 Å². The molecule has 0 aliphatic heterocycles. The lowest BCUT2D eigenvalue weighted by molar-refractivity contribution is 0.0732. The predicted octanol–water partition coefficient (Wildman–Crippen LogP) is 3.87. The summed E-state index contributed by atoms with van der Waals surface area (Å²) in [5.41, 5.74) is 1.35. The summed E-state index contributed by atoms with van der Waals surface area (Å²) >= 11 is 12.1. The van der Waals surface area contributed by atoms with Crippen molar-refractivity contribution in [3.05, 3.63) is 33.8 Å². The van der Waals surface area contributed by atoms with Crippen molar-refractivity contribution in [3.8, 4) is 0 Å². The zero-order valence-corrected chi connectivity index (χ0v) is 15.3. The van der Waals surface area contributed by atoms with Gasteiger partial charge in [0.25, 0.3) is 0 Å². The molecule has 1 saturated carbocycles. The Morgan fingerprint density at radius 2 is 2.09 bits per heavy atom. The van der Waals surface area contributed by atoms with Gasteiger partial charge >= 0.3 is 0 Å². The molecule has 1 aliphatic carbocycles. The Labute approximate surface area is 148 Å². The van der Waals surface area contributed by atoms with E-state index in [0.29, 0.717) is 22.0 Å². The maximum atomic E-state index is 6.20.